The van der Waals surface area contributed by atoms with E-state index < -0.39 is 0 Å². The Kier molecular flexibility index (Phi) is 10.2. The number of halogens is 1. The molecule has 0 saturated carbocycles. The maximum absolute atomic E-state index is 6.24. The molecule has 0 atom stereocenters. The third-order valence-corrected chi connectivity index (χ3v) is 6.66. The van der Waals surface area contributed by atoms with Gasteiger partial charge in [-0.1, -0.05) is 39.3 Å². The molecule has 0 radical (unpaired) electrons. The molecule has 3 rings (SSSR count). The van der Waals surface area contributed by atoms with E-state index in [9.17, 15) is 0 Å². The number of anilines is 1. The molecule has 6 heteroatoms. The summed E-state index contributed by atoms with van der Waals surface area (Å²) in [6.45, 7) is 20.0. The predicted molar refractivity (Wildman–Crippen MR) is 143 cm³/mol. The van der Waals surface area contributed by atoms with E-state index in [0.29, 0.717) is 5.02 Å². The Bertz CT molecular complexity index is 851. The summed E-state index contributed by atoms with van der Waals surface area (Å²) in [6, 6.07) is 7.75. The number of pyridine rings is 1. The van der Waals surface area contributed by atoms with Gasteiger partial charge in [0.1, 0.15) is 0 Å². The fourth-order valence-corrected chi connectivity index (χ4v) is 5.11. The number of nitrogens with zero attached hydrogens (tertiary/aromatic N) is 4. The molecule has 2 N–H and O–H groups in total. The molecule has 0 aliphatic carbocycles. The van der Waals surface area contributed by atoms with E-state index in [0.717, 1.165) is 53.5 Å². The van der Waals surface area contributed by atoms with Gasteiger partial charge in [0.2, 0.25) is 0 Å². The van der Waals surface area contributed by atoms with Crippen molar-refractivity contribution in [2.75, 3.05) is 64.6 Å². The van der Waals surface area contributed by atoms with E-state index in [-0.39, 0.29) is 0 Å². The van der Waals surface area contributed by atoms with Crippen LogP contribution >= 0.6 is 11.6 Å². The second-order valence-electron chi connectivity index (χ2n) is 10.6. The van der Waals surface area contributed by atoms with Crippen LogP contribution in [-0.4, -0.2) is 78.6 Å². The van der Waals surface area contributed by atoms with Gasteiger partial charge in [-0.15, -0.1) is 0 Å². The lowest BCUT2D eigenvalue weighted by molar-refractivity contribution is 0.123. The fraction of sp³-hybridized carbons (Fsp3) is 0.667. The predicted octanol–water partition coefficient (Wildman–Crippen LogP) is 5.02. The van der Waals surface area contributed by atoms with E-state index in [4.69, 9.17) is 22.3 Å². The Morgan fingerprint density at radius 3 is 2.15 bits per heavy atom. The number of hydrogen-bond donors (Lipinski definition) is 1. The molecule has 1 aromatic carbocycles. The molecule has 0 unspecified atom stereocenters. The molecule has 184 valence electrons. The minimum atomic E-state index is 0.706. The maximum Gasteiger partial charge on any atom is 0.0740 e. The number of rotatable bonds is 12. The molecule has 1 aliphatic heterocycles. The summed E-state index contributed by atoms with van der Waals surface area (Å²) in [4.78, 5) is 12.7. The number of benzene rings is 1. The lowest BCUT2D eigenvalue weighted by Crippen LogP contribution is -2.47. The van der Waals surface area contributed by atoms with Crippen molar-refractivity contribution in [2.45, 2.75) is 47.0 Å². The van der Waals surface area contributed by atoms with Gasteiger partial charge in [0.25, 0.3) is 0 Å². The lowest BCUT2D eigenvalue weighted by atomic mass is 10.1. The van der Waals surface area contributed by atoms with Gasteiger partial charge >= 0.3 is 0 Å². The smallest absolute Gasteiger partial charge is 0.0740 e. The molecule has 2 aromatic rings. The van der Waals surface area contributed by atoms with Crippen LogP contribution in [0, 0.1) is 11.8 Å². The van der Waals surface area contributed by atoms with E-state index in [1.165, 1.54) is 58.8 Å². The maximum atomic E-state index is 6.24. The summed E-state index contributed by atoms with van der Waals surface area (Å²) in [5, 5.41) is 1.69. The van der Waals surface area contributed by atoms with Crippen LogP contribution in [0.15, 0.2) is 24.3 Å². The monoisotopic (exact) mass is 473 g/mol. The summed E-state index contributed by atoms with van der Waals surface area (Å²) in [6.07, 6.45) is 3.34. The highest BCUT2D eigenvalue weighted by Crippen LogP contribution is 2.24. The Balaban J connectivity index is 1.35. The third kappa shape index (κ3) is 8.71. The Hall–Kier alpha value is -1.40. The Morgan fingerprint density at radius 2 is 1.55 bits per heavy atom. The number of hydrogen-bond acceptors (Lipinski definition) is 5. The zero-order valence-corrected chi connectivity index (χ0v) is 21.9. The van der Waals surface area contributed by atoms with E-state index in [2.05, 4.69) is 42.4 Å². The van der Waals surface area contributed by atoms with Crippen LogP contribution in [0.1, 0.15) is 46.2 Å². The van der Waals surface area contributed by atoms with Crippen molar-refractivity contribution in [3.8, 4) is 0 Å². The summed E-state index contributed by atoms with van der Waals surface area (Å²) in [5.41, 5.74) is 8.99. The number of aromatic nitrogens is 1. The highest BCUT2D eigenvalue weighted by Gasteiger charge is 2.17. The van der Waals surface area contributed by atoms with Crippen molar-refractivity contribution < 1.29 is 0 Å². The zero-order valence-electron chi connectivity index (χ0n) is 21.2. The van der Waals surface area contributed by atoms with Crippen LogP contribution in [0.2, 0.25) is 5.02 Å². The molecule has 2 heterocycles. The topological polar surface area (TPSA) is 48.6 Å². The second kappa shape index (κ2) is 12.9. The molecule has 5 nitrogen and oxygen atoms in total. The first kappa shape index (κ1) is 26.2. The standard InChI is InChI=1S/C27H44ClN5/c1-21(2)19-33(20-22(3)4)12-6-11-32-15-13-31(14-16-32)10-5-7-24-18-26(29)25-9-8-23(28)17-27(25)30-24/h8-9,17-18,21-22H,5-7,10-16,19-20H2,1-4H3,(H2,29,30). The van der Waals surface area contributed by atoms with Crippen LogP contribution in [-0.2, 0) is 6.42 Å². The van der Waals surface area contributed by atoms with Crippen LogP contribution < -0.4 is 5.73 Å². The highest BCUT2D eigenvalue weighted by molar-refractivity contribution is 6.31. The number of nitrogens with two attached hydrogens (primary N) is 1. The molecule has 0 amide bonds. The second-order valence-corrected chi connectivity index (χ2v) is 11.0. The highest BCUT2D eigenvalue weighted by atomic mass is 35.5. The molecular formula is C27H44ClN5. The first-order valence-corrected chi connectivity index (χ1v) is 13.2. The van der Waals surface area contributed by atoms with E-state index in [1.807, 2.05) is 24.3 Å². The van der Waals surface area contributed by atoms with E-state index in [1.54, 1.807) is 0 Å². The van der Waals surface area contributed by atoms with Crippen molar-refractivity contribution in [2.24, 2.45) is 11.8 Å². The number of nitrogen functional groups attached to an aromatic ring is 1. The molecule has 0 spiro atoms. The van der Waals surface area contributed by atoms with Crippen LogP contribution in [0.3, 0.4) is 0 Å². The van der Waals surface area contributed by atoms with Crippen molar-refractivity contribution in [3.63, 3.8) is 0 Å². The normalized spacial score (nSPS) is 16.0. The molecule has 1 aromatic heterocycles. The van der Waals surface area contributed by atoms with Crippen molar-refractivity contribution in [3.05, 3.63) is 35.0 Å². The third-order valence-electron chi connectivity index (χ3n) is 6.42. The molecule has 0 bridgehead atoms. The number of fused-ring (bicyclic) bond motifs is 1. The molecular weight excluding hydrogens is 430 g/mol. The Morgan fingerprint density at radius 1 is 0.939 bits per heavy atom. The number of piperazine rings is 1. The minimum absolute atomic E-state index is 0.706. The van der Waals surface area contributed by atoms with Crippen LogP contribution in [0.25, 0.3) is 10.9 Å². The quantitative estimate of drug-likeness (QED) is 0.468. The number of aryl methyl sites for hydroxylation is 1. The first-order valence-electron chi connectivity index (χ1n) is 12.8. The SMILES string of the molecule is CC(C)CN(CCCN1CCN(CCCc2cc(N)c3ccc(Cl)cc3n2)CC1)CC(C)C. The first-order chi connectivity index (χ1) is 15.8. The molecule has 1 saturated heterocycles. The fourth-order valence-electron chi connectivity index (χ4n) is 4.94. The van der Waals surface area contributed by atoms with Gasteiger partial charge in [-0.25, -0.2) is 0 Å². The van der Waals surface area contributed by atoms with Crippen LogP contribution in [0.4, 0.5) is 5.69 Å². The van der Waals surface area contributed by atoms with Gasteiger partial charge in [0.05, 0.1) is 5.52 Å². The minimum Gasteiger partial charge on any atom is -0.398 e. The van der Waals surface area contributed by atoms with Crippen LogP contribution in [0.5, 0.6) is 0 Å². The molecule has 33 heavy (non-hydrogen) atoms. The zero-order chi connectivity index (χ0) is 23.8. The lowest BCUT2D eigenvalue weighted by Gasteiger charge is -2.35. The summed E-state index contributed by atoms with van der Waals surface area (Å²) in [7, 11) is 0. The van der Waals surface area contributed by atoms with Gasteiger partial charge in [-0.3, -0.25) is 4.98 Å². The van der Waals surface area contributed by atoms with Gasteiger partial charge in [0, 0.05) is 61.1 Å². The van der Waals surface area contributed by atoms with Gasteiger partial charge in [-0.05, 0) is 75.0 Å². The van der Waals surface area contributed by atoms with Crippen molar-refractivity contribution >= 4 is 28.2 Å². The summed E-state index contributed by atoms with van der Waals surface area (Å²) in [5.74, 6) is 1.48. The molecule has 1 fully saturated rings. The van der Waals surface area contributed by atoms with Gasteiger partial charge in [0.15, 0.2) is 0 Å². The van der Waals surface area contributed by atoms with Gasteiger partial charge < -0.3 is 20.4 Å². The largest absolute Gasteiger partial charge is 0.398 e. The average Bonchev–Trinajstić information content (AvgIpc) is 2.73. The Labute approximate surface area is 206 Å². The van der Waals surface area contributed by atoms with Gasteiger partial charge in [-0.2, -0.15) is 0 Å². The van der Waals surface area contributed by atoms with E-state index >= 15 is 0 Å². The summed E-state index contributed by atoms with van der Waals surface area (Å²) < 4.78 is 0. The van der Waals surface area contributed by atoms with Crippen molar-refractivity contribution in [1.29, 1.82) is 0 Å². The van der Waals surface area contributed by atoms with Crippen molar-refractivity contribution in [1.82, 2.24) is 19.7 Å². The molecule has 1 aliphatic rings. The average molecular weight is 474 g/mol. The summed E-state index contributed by atoms with van der Waals surface area (Å²) >= 11 is 6.13.